The predicted octanol–water partition coefficient (Wildman–Crippen LogP) is 5.19. The lowest BCUT2D eigenvalue weighted by Crippen LogP contribution is -1.88. The summed E-state index contributed by atoms with van der Waals surface area (Å²) in [6, 6.07) is 18.1. The molecule has 0 aliphatic rings. The summed E-state index contributed by atoms with van der Waals surface area (Å²) >= 11 is 0. The third-order valence-electron chi connectivity index (χ3n) is 2.53. The van der Waals surface area contributed by atoms with E-state index >= 15 is 0 Å². The molecule has 0 spiro atoms. The second kappa shape index (κ2) is 7.49. The van der Waals surface area contributed by atoms with Crippen molar-refractivity contribution in [3.63, 3.8) is 0 Å². The van der Waals surface area contributed by atoms with Crippen LogP contribution in [-0.4, -0.2) is 7.18 Å². The zero-order chi connectivity index (χ0) is 13.4. The largest absolute Gasteiger partial charge is 0.457 e. The zero-order valence-corrected chi connectivity index (χ0v) is 11.1. The fraction of sp³-hybridized carbons (Fsp3) is 0.250. The average molecular weight is 246 g/mol. The lowest BCUT2D eigenvalue weighted by Gasteiger charge is -2.08. The Morgan fingerprint density at radius 3 is 1.78 bits per heavy atom. The first kappa shape index (κ1) is 14.2. The number of rotatable bonds is 3. The molecule has 0 amide bonds. The highest BCUT2D eigenvalue weighted by atomic mass is 19.1. The molecule has 2 heteroatoms. The van der Waals surface area contributed by atoms with E-state index in [2.05, 4.69) is 26.0 Å². The lowest BCUT2D eigenvalue weighted by atomic mass is 10.0. The Balaban J connectivity index is 0.000000771. The van der Waals surface area contributed by atoms with Crippen LogP contribution >= 0.6 is 0 Å². The Labute approximate surface area is 108 Å². The third-order valence-corrected chi connectivity index (χ3v) is 2.53. The summed E-state index contributed by atoms with van der Waals surface area (Å²) in [6.45, 7) is 4.38. The topological polar surface area (TPSA) is 9.23 Å². The van der Waals surface area contributed by atoms with Crippen LogP contribution in [0.15, 0.2) is 54.6 Å². The summed E-state index contributed by atoms with van der Waals surface area (Å²) in [5.41, 5.74) is 1.33. The van der Waals surface area contributed by atoms with Crippen molar-refractivity contribution in [2.24, 2.45) is 0 Å². The quantitative estimate of drug-likeness (QED) is 0.724. The SMILES string of the molecule is CC(C)c1ccc(Oc2ccccc2)cc1.CF. The molecular formula is C16H19FO. The smallest absolute Gasteiger partial charge is 0.127 e. The maximum absolute atomic E-state index is 9.50. The third kappa shape index (κ3) is 4.21. The molecule has 18 heavy (non-hydrogen) atoms. The van der Waals surface area contributed by atoms with Crippen LogP contribution in [0.25, 0.3) is 0 Å². The molecule has 0 aliphatic carbocycles. The van der Waals surface area contributed by atoms with Gasteiger partial charge < -0.3 is 4.74 Å². The molecule has 0 radical (unpaired) electrons. The Morgan fingerprint density at radius 2 is 1.28 bits per heavy atom. The lowest BCUT2D eigenvalue weighted by molar-refractivity contribution is 0.482. The number of hydrogen-bond acceptors (Lipinski definition) is 1. The monoisotopic (exact) mass is 246 g/mol. The fourth-order valence-electron chi connectivity index (χ4n) is 1.55. The van der Waals surface area contributed by atoms with E-state index in [1.807, 2.05) is 42.5 Å². The van der Waals surface area contributed by atoms with Crippen LogP contribution < -0.4 is 4.74 Å². The molecule has 0 bridgehead atoms. The average Bonchev–Trinajstić information content (AvgIpc) is 2.43. The number of hydrogen-bond donors (Lipinski definition) is 0. The normalized spacial score (nSPS) is 9.61. The molecule has 96 valence electrons. The van der Waals surface area contributed by atoms with E-state index < -0.39 is 0 Å². The molecule has 0 heterocycles. The van der Waals surface area contributed by atoms with E-state index in [4.69, 9.17) is 4.74 Å². The summed E-state index contributed by atoms with van der Waals surface area (Å²) in [5, 5.41) is 0. The van der Waals surface area contributed by atoms with Crippen molar-refractivity contribution in [1.82, 2.24) is 0 Å². The van der Waals surface area contributed by atoms with E-state index in [1.165, 1.54) is 5.56 Å². The zero-order valence-electron chi connectivity index (χ0n) is 11.1. The Bertz CT molecular complexity index is 434. The maximum Gasteiger partial charge on any atom is 0.127 e. The van der Waals surface area contributed by atoms with E-state index in [1.54, 1.807) is 0 Å². The van der Waals surface area contributed by atoms with Crippen LogP contribution in [0.1, 0.15) is 25.3 Å². The number of benzene rings is 2. The Morgan fingerprint density at radius 1 is 0.778 bits per heavy atom. The van der Waals surface area contributed by atoms with Crippen LogP contribution in [-0.2, 0) is 0 Å². The first-order valence-corrected chi connectivity index (χ1v) is 5.96. The van der Waals surface area contributed by atoms with Crippen LogP contribution in [0.2, 0.25) is 0 Å². The van der Waals surface area contributed by atoms with Crippen LogP contribution in [0.5, 0.6) is 11.5 Å². The predicted molar refractivity (Wildman–Crippen MR) is 74.1 cm³/mol. The van der Waals surface area contributed by atoms with Gasteiger partial charge in [-0.2, -0.15) is 0 Å². The van der Waals surface area contributed by atoms with E-state index in [0.29, 0.717) is 13.1 Å². The van der Waals surface area contributed by atoms with Crippen molar-refractivity contribution in [2.75, 3.05) is 7.18 Å². The van der Waals surface area contributed by atoms with Crippen molar-refractivity contribution in [3.8, 4) is 11.5 Å². The molecule has 0 atom stereocenters. The van der Waals surface area contributed by atoms with Gasteiger partial charge in [-0.15, -0.1) is 0 Å². The molecule has 0 aromatic heterocycles. The Hall–Kier alpha value is -1.83. The van der Waals surface area contributed by atoms with Gasteiger partial charge in [0.1, 0.15) is 11.5 Å². The molecule has 0 N–H and O–H groups in total. The summed E-state index contributed by atoms with van der Waals surface area (Å²) in [7, 11) is 0.500. The van der Waals surface area contributed by atoms with Gasteiger partial charge in [-0.1, -0.05) is 44.2 Å². The molecule has 0 saturated heterocycles. The van der Waals surface area contributed by atoms with Crippen molar-refractivity contribution in [2.45, 2.75) is 19.8 Å². The number of ether oxygens (including phenoxy) is 1. The minimum absolute atomic E-state index is 0.500. The van der Waals surface area contributed by atoms with Gasteiger partial charge in [0.2, 0.25) is 0 Å². The molecule has 1 nitrogen and oxygen atoms in total. The van der Waals surface area contributed by atoms with E-state index in [9.17, 15) is 4.39 Å². The van der Waals surface area contributed by atoms with E-state index in [-0.39, 0.29) is 0 Å². The molecule has 0 aliphatic heterocycles. The molecule has 0 saturated carbocycles. The molecular weight excluding hydrogens is 227 g/mol. The summed E-state index contributed by atoms with van der Waals surface area (Å²) in [5.74, 6) is 2.32. The standard InChI is InChI=1S/C15H16O.CH3F/c1-12(2)13-8-10-15(11-9-13)16-14-6-4-3-5-7-14;1-2/h3-12H,1-2H3;1H3. The van der Waals surface area contributed by atoms with Gasteiger partial charge in [-0.25, -0.2) is 0 Å². The number of alkyl halides is 1. The highest BCUT2D eigenvalue weighted by Gasteiger charge is 2.00. The first-order chi connectivity index (χ1) is 8.75. The summed E-state index contributed by atoms with van der Waals surface area (Å²) < 4.78 is 15.2. The molecule has 2 aromatic rings. The minimum Gasteiger partial charge on any atom is -0.457 e. The highest BCUT2D eigenvalue weighted by molar-refractivity contribution is 5.33. The number of halogens is 1. The molecule has 0 fully saturated rings. The van der Waals surface area contributed by atoms with Crippen LogP contribution in [0.3, 0.4) is 0 Å². The van der Waals surface area contributed by atoms with Gasteiger partial charge in [-0.05, 0) is 35.7 Å². The van der Waals surface area contributed by atoms with Gasteiger partial charge in [-0.3, -0.25) is 4.39 Å². The fourth-order valence-corrected chi connectivity index (χ4v) is 1.55. The van der Waals surface area contributed by atoms with E-state index in [0.717, 1.165) is 11.5 Å². The summed E-state index contributed by atoms with van der Waals surface area (Å²) in [4.78, 5) is 0. The van der Waals surface area contributed by atoms with Crippen molar-refractivity contribution >= 4 is 0 Å². The molecule has 2 aromatic carbocycles. The van der Waals surface area contributed by atoms with Crippen molar-refractivity contribution in [1.29, 1.82) is 0 Å². The van der Waals surface area contributed by atoms with Gasteiger partial charge in [0, 0.05) is 0 Å². The molecule has 0 unspecified atom stereocenters. The second-order valence-corrected chi connectivity index (χ2v) is 4.14. The van der Waals surface area contributed by atoms with Crippen LogP contribution in [0, 0.1) is 0 Å². The highest BCUT2D eigenvalue weighted by Crippen LogP contribution is 2.23. The van der Waals surface area contributed by atoms with Gasteiger partial charge in [0.05, 0.1) is 7.18 Å². The first-order valence-electron chi connectivity index (χ1n) is 5.96. The summed E-state index contributed by atoms with van der Waals surface area (Å²) in [6.07, 6.45) is 0. The minimum atomic E-state index is 0.500. The van der Waals surface area contributed by atoms with Crippen LogP contribution in [0.4, 0.5) is 4.39 Å². The molecule has 2 rings (SSSR count). The Kier molecular flexibility index (Phi) is 5.92. The van der Waals surface area contributed by atoms with Gasteiger partial charge in [0.15, 0.2) is 0 Å². The second-order valence-electron chi connectivity index (χ2n) is 4.14. The maximum atomic E-state index is 9.50. The van der Waals surface area contributed by atoms with Crippen molar-refractivity contribution < 1.29 is 9.13 Å². The van der Waals surface area contributed by atoms with Gasteiger partial charge in [0.25, 0.3) is 0 Å². The van der Waals surface area contributed by atoms with Crippen molar-refractivity contribution in [3.05, 3.63) is 60.2 Å². The number of para-hydroxylation sites is 1. The van der Waals surface area contributed by atoms with Gasteiger partial charge >= 0.3 is 0 Å².